The number of carboxylic acid groups (broad SMARTS) is 1. The molecule has 6 heteroatoms. The summed E-state index contributed by atoms with van der Waals surface area (Å²) in [5.74, 6) is -0.457. The van der Waals surface area contributed by atoms with Crippen LogP contribution >= 0.6 is 0 Å². The number of carbonyl (C=O) groups excluding carboxylic acids is 1. The lowest BCUT2D eigenvalue weighted by molar-refractivity contribution is -0.139. The first kappa shape index (κ1) is 18.1. The molecule has 0 bridgehead atoms. The molecule has 1 heterocycles. The van der Waals surface area contributed by atoms with E-state index in [1.54, 1.807) is 32.9 Å². The van der Waals surface area contributed by atoms with Crippen molar-refractivity contribution >= 4 is 12.1 Å². The highest BCUT2D eigenvalue weighted by molar-refractivity contribution is 5.73. The van der Waals surface area contributed by atoms with Gasteiger partial charge >= 0.3 is 12.1 Å². The normalized spacial score (nSPS) is 14.5. The second-order valence-electron chi connectivity index (χ2n) is 6.85. The van der Waals surface area contributed by atoms with E-state index in [0.29, 0.717) is 12.2 Å². The van der Waals surface area contributed by atoms with Crippen LogP contribution in [0.1, 0.15) is 53.2 Å². The zero-order valence-electron chi connectivity index (χ0n) is 13.8. The van der Waals surface area contributed by atoms with Crippen molar-refractivity contribution in [2.45, 2.75) is 58.6 Å². The Kier molecular flexibility index (Phi) is 5.63. The number of carbonyl (C=O) groups is 2. The van der Waals surface area contributed by atoms with Crippen LogP contribution in [0.2, 0.25) is 0 Å². The molecule has 124 valence electrons. The molecule has 1 amide bonds. The van der Waals surface area contributed by atoms with Crippen molar-refractivity contribution < 1.29 is 23.8 Å². The summed E-state index contributed by atoms with van der Waals surface area (Å²) in [4.78, 5) is 23.5. The van der Waals surface area contributed by atoms with E-state index in [4.69, 9.17) is 9.15 Å². The minimum Gasteiger partial charge on any atom is -0.481 e. The van der Waals surface area contributed by atoms with Crippen LogP contribution in [-0.4, -0.2) is 22.8 Å². The van der Waals surface area contributed by atoms with Crippen LogP contribution < -0.4 is 5.32 Å². The maximum absolute atomic E-state index is 12.2. The molecule has 0 fully saturated rings. The molecule has 0 unspecified atom stereocenters. The Bertz CT molecular complexity index is 501. The summed E-state index contributed by atoms with van der Waals surface area (Å²) in [5, 5.41) is 12.0. The minimum absolute atomic E-state index is 0.152. The van der Waals surface area contributed by atoms with Gasteiger partial charge in [0.2, 0.25) is 0 Å². The van der Waals surface area contributed by atoms with Crippen LogP contribution in [0.5, 0.6) is 0 Å². The summed E-state index contributed by atoms with van der Waals surface area (Å²) in [5.41, 5.74) is -1.80. The van der Waals surface area contributed by atoms with E-state index in [-0.39, 0.29) is 12.3 Å². The Hall–Kier alpha value is -1.98. The Morgan fingerprint density at radius 3 is 2.41 bits per heavy atom. The molecule has 0 radical (unpaired) electrons. The summed E-state index contributed by atoms with van der Waals surface area (Å²) in [6.07, 6.45) is 0.943. The van der Waals surface area contributed by atoms with Gasteiger partial charge in [-0.25, -0.2) is 4.79 Å². The number of hydrogen-bond acceptors (Lipinski definition) is 4. The Balaban J connectivity index is 3.12. The largest absolute Gasteiger partial charge is 0.481 e. The van der Waals surface area contributed by atoms with Gasteiger partial charge in [0.05, 0.1) is 12.7 Å². The zero-order valence-corrected chi connectivity index (χ0v) is 13.8. The molecule has 0 spiro atoms. The molecular weight excluding hydrogens is 286 g/mol. The topological polar surface area (TPSA) is 88.8 Å². The van der Waals surface area contributed by atoms with Gasteiger partial charge in [-0.05, 0) is 45.2 Å². The third kappa shape index (κ3) is 5.42. The number of furan rings is 1. The van der Waals surface area contributed by atoms with Gasteiger partial charge in [0, 0.05) is 0 Å². The van der Waals surface area contributed by atoms with Gasteiger partial charge in [-0.15, -0.1) is 0 Å². The molecule has 1 atom stereocenters. The lowest BCUT2D eigenvalue weighted by Crippen LogP contribution is -2.49. The van der Waals surface area contributed by atoms with Crippen LogP contribution in [0.15, 0.2) is 22.8 Å². The first-order chi connectivity index (χ1) is 10.0. The summed E-state index contributed by atoms with van der Waals surface area (Å²) in [6.45, 7) is 9.16. The number of alkyl carbamates (subject to hydrolysis) is 1. The number of amides is 1. The highest BCUT2D eigenvalue weighted by Gasteiger charge is 2.40. The number of hydrogen-bond donors (Lipinski definition) is 2. The molecule has 0 aliphatic heterocycles. The highest BCUT2D eigenvalue weighted by atomic mass is 16.6. The fraction of sp³-hybridized carbons (Fsp3) is 0.625. The molecule has 1 aromatic rings. The van der Waals surface area contributed by atoms with E-state index >= 15 is 0 Å². The first-order valence-electron chi connectivity index (χ1n) is 7.31. The lowest BCUT2D eigenvalue weighted by atomic mass is 9.83. The SMILES string of the molecule is CC(C)C[C@](CC(=O)O)(NC(=O)OC(C)(C)C)c1ccco1. The summed E-state index contributed by atoms with van der Waals surface area (Å²) < 4.78 is 10.7. The third-order valence-corrected chi connectivity index (χ3v) is 2.94. The second kappa shape index (κ2) is 6.85. The van der Waals surface area contributed by atoms with Gasteiger partial charge in [-0.3, -0.25) is 4.79 Å². The number of carboxylic acids is 1. The van der Waals surface area contributed by atoms with Gasteiger partial charge in [0.25, 0.3) is 0 Å². The summed E-state index contributed by atoms with van der Waals surface area (Å²) in [7, 11) is 0. The van der Waals surface area contributed by atoms with Crippen LogP contribution in [-0.2, 0) is 15.1 Å². The maximum atomic E-state index is 12.2. The van der Waals surface area contributed by atoms with Crippen molar-refractivity contribution in [3.8, 4) is 0 Å². The predicted octanol–water partition coefficient (Wildman–Crippen LogP) is 3.52. The zero-order chi connectivity index (χ0) is 17.0. The van der Waals surface area contributed by atoms with Gasteiger partial charge in [0.15, 0.2) is 0 Å². The maximum Gasteiger partial charge on any atom is 0.408 e. The Morgan fingerprint density at radius 2 is 2.00 bits per heavy atom. The average Bonchev–Trinajstić information content (AvgIpc) is 2.76. The minimum atomic E-state index is -1.13. The van der Waals surface area contributed by atoms with E-state index < -0.39 is 23.2 Å². The number of aliphatic carboxylic acids is 1. The molecule has 1 aromatic heterocycles. The summed E-state index contributed by atoms with van der Waals surface area (Å²) >= 11 is 0. The van der Waals surface area contributed by atoms with Gasteiger partial charge in [-0.2, -0.15) is 0 Å². The monoisotopic (exact) mass is 311 g/mol. The lowest BCUT2D eigenvalue weighted by Gasteiger charge is -2.34. The third-order valence-electron chi connectivity index (χ3n) is 2.94. The Morgan fingerprint density at radius 1 is 1.36 bits per heavy atom. The van der Waals surface area contributed by atoms with Crippen LogP contribution in [0.3, 0.4) is 0 Å². The van der Waals surface area contributed by atoms with Crippen molar-refractivity contribution in [2.75, 3.05) is 0 Å². The first-order valence-corrected chi connectivity index (χ1v) is 7.31. The molecule has 0 aromatic carbocycles. The number of ether oxygens (including phenoxy) is 1. The molecule has 2 N–H and O–H groups in total. The molecule has 0 aliphatic rings. The number of nitrogens with one attached hydrogen (secondary N) is 1. The molecule has 0 aliphatic carbocycles. The van der Waals surface area contributed by atoms with Crippen LogP contribution in [0.4, 0.5) is 4.79 Å². The van der Waals surface area contributed by atoms with E-state index in [2.05, 4.69) is 5.32 Å². The highest BCUT2D eigenvalue weighted by Crippen LogP contribution is 2.33. The predicted molar refractivity (Wildman–Crippen MR) is 81.5 cm³/mol. The Labute approximate surface area is 130 Å². The summed E-state index contributed by atoms with van der Waals surface area (Å²) in [6, 6.07) is 3.34. The van der Waals surface area contributed by atoms with Gasteiger partial charge in [-0.1, -0.05) is 13.8 Å². The smallest absolute Gasteiger partial charge is 0.408 e. The molecule has 0 saturated heterocycles. The molecule has 0 saturated carbocycles. The number of rotatable bonds is 6. The van der Waals surface area contributed by atoms with E-state index in [9.17, 15) is 14.7 Å². The van der Waals surface area contributed by atoms with Crippen LogP contribution in [0, 0.1) is 5.92 Å². The van der Waals surface area contributed by atoms with Gasteiger partial charge < -0.3 is 19.6 Å². The standard InChI is InChI=1S/C16H25NO5/c1-11(2)9-16(10-13(18)19,12-7-6-8-21-12)17-14(20)22-15(3,4)5/h6-8,11H,9-10H2,1-5H3,(H,17,20)(H,18,19)/t16-/m1/s1. The van der Waals surface area contributed by atoms with Crippen molar-refractivity contribution in [3.05, 3.63) is 24.2 Å². The fourth-order valence-corrected chi connectivity index (χ4v) is 2.42. The average molecular weight is 311 g/mol. The molecule has 1 rings (SSSR count). The van der Waals surface area contributed by atoms with Crippen LogP contribution in [0.25, 0.3) is 0 Å². The fourth-order valence-electron chi connectivity index (χ4n) is 2.42. The van der Waals surface area contributed by atoms with Crippen molar-refractivity contribution in [3.63, 3.8) is 0 Å². The van der Waals surface area contributed by atoms with E-state index in [1.165, 1.54) is 6.26 Å². The van der Waals surface area contributed by atoms with Crippen molar-refractivity contribution in [2.24, 2.45) is 5.92 Å². The van der Waals surface area contributed by atoms with Gasteiger partial charge in [0.1, 0.15) is 16.9 Å². The quantitative estimate of drug-likeness (QED) is 0.839. The van der Waals surface area contributed by atoms with Crippen molar-refractivity contribution in [1.82, 2.24) is 5.32 Å². The van der Waals surface area contributed by atoms with E-state index in [1.807, 2.05) is 13.8 Å². The second-order valence-corrected chi connectivity index (χ2v) is 6.85. The molecule has 22 heavy (non-hydrogen) atoms. The van der Waals surface area contributed by atoms with Crippen molar-refractivity contribution in [1.29, 1.82) is 0 Å². The molecular formula is C16H25NO5. The van der Waals surface area contributed by atoms with E-state index in [0.717, 1.165) is 0 Å². The molecule has 6 nitrogen and oxygen atoms in total.